The summed E-state index contributed by atoms with van der Waals surface area (Å²) in [5.74, 6) is 0.399. The number of unbranched alkanes of at least 4 members (excludes halogenated alkanes) is 4. The predicted octanol–water partition coefficient (Wildman–Crippen LogP) is 16.8. The molecule has 0 aromatic heterocycles. The first kappa shape index (κ1) is 46.2. The van der Waals surface area contributed by atoms with Crippen molar-refractivity contribution in [2.75, 3.05) is 22.9 Å². The molecular formula is C60H74N2. The lowest BCUT2D eigenvalue weighted by molar-refractivity contribution is 0.363. The predicted molar refractivity (Wildman–Crippen MR) is 276 cm³/mol. The van der Waals surface area contributed by atoms with Gasteiger partial charge in [0.05, 0.1) is 6.04 Å². The number of allylic oxidation sites excluding steroid dienone is 14. The molecule has 0 bridgehead atoms. The molecule has 4 atom stereocenters. The zero-order chi connectivity index (χ0) is 44.1. The number of fused-ring (bicyclic) bond motifs is 6. The quantitative estimate of drug-likeness (QED) is 0.0443. The van der Waals surface area contributed by atoms with Crippen molar-refractivity contribution in [2.24, 2.45) is 5.92 Å². The first-order chi connectivity index (χ1) is 30.0. The lowest BCUT2D eigenvalue weighted by Gasteiger charge is -2.37. The third-order valence-electron chi connectivity index (χ3n) is 13.4. The van der Waals surface area contributed by atoms with Crippen molar-refractivity contribution in [3.8, 4) is 0 Å². The zero-order valence-corrected chi connectivity index (χ0v) is 39.0. The van der Waals surface area contributed by atoms with Crippen LogP contribution in [0, 0.1) is 5.92 Å². The Balaban J connectivity index is 1.48. The minimum Gasteiger partial charge on any atom is -0.364 e. The minimum absolute atomic E-state index is 0.121. The molecule has 2 heterocycles. The Morgan fingerprint density at radius 2 is 1.32 bits per heavy atom. The molecule has 0 saturated heterocycles. The molecule has 2 nitrogen and oxygen atoms in total. The van der Waals surface area contributed by atoms with Crippen LogP contribution in [0.3, 0.4) is 0 Å². The fraction of sp³-hybridized carbons (Fsp3) is 0.367. The van der Waals surface area contributed by atoms with E-state index in [-0.39, 0.29) is 16.9 Å². The summed E-state index contributed by atoms with van der Waals surface area (Å²) in [7, 11) is 0. The highest BCUT2D eigenvalue weighted by Gasteiger charge is 2.48. The van der Waals surface area contributed by atoms with E-state index in [1.165, 1.54) is 86.6 Å². The van der Waals surface area contributed by atoms with Crippen LogP contribution in [-0.2, 0) is 10.8 Å². The van der Waals surface area contributed by atoms with Gasteiger partial charge in [0.1, 0.15) is 0 Å². The molecule has 0 aliphatic carbocycles. The Hall–Kier alpha value is -5.34. The molecule has 6 rings (SSSR count). The van der Waals surface area contributed by atoms with E-state index < -0.39 is 0 Å². The maximum Gasteiger partial charge on any atom is 0.0571 e. The molecule has 0 fully saturated rings. The second-order valence-electron chi connectivity index (χ2n) is 18.7. The highest BCUT2D eigenvalue weighted by molar-refractivity contribution is 5.95. The van der Waals surface area contributed by atoms with Crippen molar-refractivity contribution in [1.29, 1.82) is 0 Å². The number of hydrogen-bond acceptors (Lipinski definition) is 2. The summed E-state index contributed by atoms with van der Waals surface area (Å²) in [5.41, 5.74) is 9.28. The molecular weight excluding hydrogens is 749 g/mol. The third kappa shape index (κ3) is 10.5. The molecule has 2 aliphatic rings. The van der Waals surface area contributed by atoms with E-state index in [1.54, 1.807) is 0 Å². The molecule has 4 aromatic rings. The van der Waals surface area contributed by atoms with Crippen molar-refractivity contribution < 1.29 is 0 Å². The van der Waals surface area contributed by atoms with Crippen LogP contribution in [0.5, 0.6) is 0 Å². The summed E-state index contributed by atoms with van der Waals surface area (Å²) < 4.78 is 0. The second kappa shape index (κ2) is 21.6. The molecule has 62 heavy (non-hydrogen) atoms. The van der Waals surface area contributed by atoms with Crippen LogP contribution in [-0.4, -0.2) is 19.1 Å². The maximum absolute atomic E-state index is 4.19. The Kier molecular flexibility index (Phi) is 16.1. The van der Waals surface area contributed by atoms with Gasteiger partial charge in [-0.1, -0.05) is 172 Å². The van der Waals surface area contributed by atoms with Gasteiger partial charge in [0.2, 0.25) is 0 Å². The minimum atomic E-state index is -0.232. The standard InChI is InChI=1S/C60H74N2/c1-10-12-14-15-25-42-59(8)55(61(43-26-16-19-29-46(3)4)53-40-38-49-32-21-23-34-51(49)57(53)59)36-28-37-56-60(9,45-48(7)31-18-13-11-2)58-52-35-24-22-33-50(52)39-41-54(58)62(56)44-27-17-20-30-47(5)6/h10-15,18,21-25,28,31-41,48,56H,1,3,5,16-17,19-20,26-27,29-30,42-45H2,2,4,6-9H3/b13-11-,14-12-,25-15-,31-18-,37-28+,55-36+. The van der Waals surface area contributed by atoms with E-state index >= 15 is 0 Å². The Labute approximate surface area is 376 Å². The first-order valence-corrected chi connectivity index (χ1v) is 23.5. The van der Waals surface area contributed by atoms with Crippen LogP contribution < -0.4 is 9.80 Å². The SMILES string of the molecule is C=C/C=C\C=C/CC1(C)/C(=C\C=C\C2N(CCCCCC(=C)C)c3ccc4ccccc4c3C2(C)CC(C)/C=C\C=C/C)N(CCCCCC(=C)C)c2ccc3ccccc3c21. The van der Waals surface area contributed by atoms with E-state index in [4.69, 9.17) is 0 Å². The first-order valence-electron chi connectivity index (χ1n) is 23.5. The highest BCUT2D eigenvalue weighted by atomic mass is 15.2. The number of benzene rings is 4. The zero-order valence-electron chi connectivity index (χ0n) is 39.0. The summed E-state index contributed by atoms with van der Waals surface area (Å²) in [4.78, 5) is 5.44. The van der Waals surface area contributed by atoms with Gasteiger partial charge in [0, 0.05) is 41.0 Å². The summed E-state index contributed by atoms with van der Waals surface area (Å²) in [6.45, 7) is 28.1. The smallest absolute Gasteiger partial charge is 0.0571 e. The fourth-order valence-corrected chi connectivity index (χ4v) is 10.5. The fourth-order valence-electron chi connectivity index (χ4n) is 10.5. The molecule has 0 amide bonds. The van der Waals surface area contributed by atoms with Crippen molar-refractivity contribution >= 4 is 32.9 Å². The number of rotatable bonds is 22. The monoisotopic (exact) mass is 823 g/mol. The molecule has 0 spiro atoms. The molecule has 4 unspecified atom stereocenters. The lowest BCUT2D eigenvalue weighted by atomic mass is 9.70. The van der Waals surface area contributed by atoms with Gasteiger partial charge < -0.3 is 9.80 Å². The van der Waals surface area contributed by atoms with Crippen LogP contribution >= 0.6 is 0 Å². The summed E-state index contributed by atoms with van der Waals surface area (Å²) in [6.07, 6.45) is 38.1. The lowest BCUT2D eigenvalue weighted by Crippen LogP contribution is -2.43. The van der Waals surface area contributed by atoms with Crippen LogP contribution in [0.4, 0.5) is 11.4 Å². The van der Waals surface area contributed by atoms with Gasteiger partial charge in [-0.3, -0.25) is 0 Å². The second-order valence-corrected chi connectivity index (χ2v) is 18.7. The number of hydrogen-bond donors (Lipinski definition) is 0. The summed E-state index contributed by atoms with van der Waals surface area (Å²) in [5, 5.41) is 5.36. The molecule has 0 radical (unpaired) electrons. The maximum atomic E-state index is 4.19. The van der Waals surface area contributed by atoms with Gasteiger partial charge in [0.15, 0.2) is 0 Å². The van der Waals surface area contributed by atoms with E-state index in [0.29, 0.717) is 5.92 Å². The van der Waals surface area contributed by atoms with E-state index in [9.17, 15) is 0 Å². The van der Waals surface area contributed by atoms with Gasteiger partial charge in [-0.05, 0) is 136 Å². The Morgan fingerprint density at radius 1 is 0.694 bits per heavy atom. The Morgan fingerprint density at radius 3 is 1.97 bits per heavy atom. The molecule has 0 saturated carbocycles. The van der Waals surface area contributed by atoms with Gasteiger partial charge in [-0.25, -0.2) is 0 Å². The van der Waals surface area contributed by atoms with Crippen molar-refractivity contribution in [2.45, 2.75) is 123 Å². The van der Waals surface area contributed by atoms with Crippen molar-refractivity contribution in [3.05, 3.63) is 193 Å². The molecule has 4 aromatic carbocycles. The highest BCUT2D eigenvalue weighted by Crippen LogP contribution is 2.54. The van der Waals surface area contributed by atoms with Gasteiger partial charge in [-0.2, -0.15) is 0 Å². The average Bonchev–Trinajstić information content (AvgIpc) is 3.63. The summed E-state index contributed by atoms with van der Waals surface area (Å²) >= 11 is 0. The van der Waals surface area contributed by atoms with Crippen LogP contribution in [0.25, 0.3) is 21.5 Å². The average molecular weight is 823 g/mol. The molecule has 2 heteroatoms. The van der Waals surface area contributed by atoms with Crippen molar-refractivity contribution in [1.82, 2.24) is 0 Å². The molecule has 324 valence electrons. The number of nitrogens with zero attached hydrogens (tertiary/aromatic N) is 2. The van der Waals surface area contributed by atoms with E-state index in [1.807, 2.05) is 12.2 Å². The van der Waals surface area contributed by atoms with Crippen LogP contribution in [0.1, 0.15) is 117 Å². The summed E-state index contributed by atoms with van der Waals surface area (Å²) in [6, 6.07) is 27.7. The largest absolute Gasteiger partial charge is 0.364 e. The van der Waals surface area contributed by atoms with Crippen molar-refractivity contribution in [3.63, 3.8) is 0 Å². The molecule has 0 N–H and O–H groups in total. The normalized spacial score (nSPS) is 21.3. The number of anilines is 2. The van der Waals surface area contributed by atoms with Gasteiger partial charge in [-0.15, -0.1) is 13.2 Å². The van der Waals surface area contributed by atoms with E-state index in [0.717, 1.165) is 51.6 Å². The third-order valence-corrected chi connectivity index (χ3v) is 13.4. The van der Waals surface area contributed by atoms with Crippen LogP contribution in [0.2, 0.25) is 0 Å². The van der Waals surface area contributed by atoms with Gasteiger partial charge in [0.25, 0.3) is 0 Å². The van der Waals surface area contributed by atoms with Crippen LogP contribution in [0.15, 0.2) is 182 Å². The van der Waals surface area contributed by atoms with E-state index in [2.05, 4.69) is 205 Å². The van der Waals surface area contributed by atoms with Gasteiger partial charge >= 0.3 is 0 Å². The Bertz CT molecular complexity index is 2380. The topological polar surface area (TPSA) is 6.48 Å². The molecule has 2 aliphatic heterocycles.